The molecule has 1 heterocycles. The van der Waals surface area contributed by atoms with Gasteiger partial charge in [-0.25, -0.2) is 0 Å². The fourth-order valence-electron chi connectivity index (χ4n) is 1.84. The van der Waals surface area contributed by atoms with Gasteiger partial charge in [0, 0.05) is 31.8 Å². The van der Waals surface area contributed by atoms with Crippen LogP contribution in [0.5, 0.6) is 0 Å². The second-order valence-corrected chi connectivity index (χ2v) is 4.08. The first kappa shape index (κ1) is 11.0. The van der Waals surface area contributed by atoms with Crippen LogP contribution in [0.3, 0.4) is 0 Å². The van der Waals surface area contributed by atoms with Crippen LogP contribution in [-0.2, 0) is 0 Å². The van der Waals surface area contributed by atoms with Crippen molar-refractivity contribution in [3.63, 3.8) is 0 Å². The van der Waals surface area contributed by atoms with E-state index in [1.807, 2.05) is 0 Å². The van der Waals surface area contributed by atoms with E-state index >= 15 is 0 Å². The van der Waals surface area contributed by atoms with E-state index in [1.165, 1.54) is 0 Å². The smallest absolute Gasteiger partial charge is 0.0431 e. The number of nitrogens with one attached hydrogen (secondary N) is 1. The van der Waals surface area contributed by atoms with Crippen LogP contribution in [0, 0.1) is 0 Å². The number of nitrogens with zero attached hydrogens (tertiary/aromatic N) is 1. The molecule has 0 aromatic heterocycles. The number of unbranched alkanes of at least 4 members (excludes halogenated alkanes) is 1. The lowest BCUT2D eigenvalue weighted by atomic mass is 10.1. The van der Waals surface area contributed by atoms with E-state index in [0.29, 0.717) is 18.7 Å². The van der Waals surface area contributed by atoms with Gasteiger partial charge in [-0.3, -0.25) is 4.90 Å². The summed E-state index contributed by atoms with van der Waals surface area (Å²) < 4.78 is 0. The second kappa shape index (κ2) is 5.58. The first-order chi connectivity index (χ1) is 6.24. The molecule has 0 aromatic carbocycles. The summed E-state index contributed by atoms with van der Waals surface area (Å²) in [6.45, 7) is 8.19. The van der Waals surface area contributed by atoms with Gasteiger partial charge in [0.05, 0.1) is 0 Å². The lowest BCUT2D eigenvalue weighted by Gasteiger charge is -2.37. The molecule has 0 amide bonds. The summed E-state index contributed by atoms with van der Waals surface area (Å²) in [5, 5.41) is 12.1. The summed E-state index contributed by atoms with van der Waals surface area (Å²) in [5.41, 5.74) is 0. The van der Waals surface area contributed by atoms with Crippen LogP contribution in [0.2, 0.25) is 0 Å². The zero-order chi connectivity index (χ0) is 9.68. The Balaban J connectivity index is 2.21. The van der Waals surface area contributed by atoms with Crippen molar-refractivity contribution in [1.82, 2.24) is 10.2 Å². The number of hydrogen-bond donors (Lipinski definition) is 2. The molecule has 78 valence electrons. The molecule has 1 aliphatic heterocycles. The summed E-state index contributed by atoms with van der Waals surface area (Å²) >= 11 is 0. The van der Waals surface area contributed by atoms with Crippen molar-refractivity contribution in [2.24, 2.45) is 0 Å². The molecule has 3 nitrogen and oxygen atoms in total. The Morgan fingerprint density at radius 1 is 1.38 bits per heavy atom. The van der Waals surface area contributed by atoms with Crippen molar-refractivity contribution >= 4 is 0 Å². The molecule has 2 atom stereocenters. The molecule has 0 spiro atoms. The molecule has 1 fully saturated rings. The van der Waals surface area contributed by atoms with Gasteiger partial charge in [-0.15, -0.1) is 0 Å². The summed E-state index contributed by atoms with van der Waals surface area (Å²) in [7, 11) is 0. The minimum absolute atomic E-state index is 0.329. The van der Waals surface area contributed by atoms with Crippen molar-refractivity contribution < 1.29 is 5.11 Å². The predicted molar refractivity (Wildman–Crippen MR) is 54.8 cm³/mol. The number of piperazine rings is 1. The third kappa shape index (κ3) is 3.63. The normalized spacial score (nSPS) is 30.7. The first-order valence-corrected chi connectivity index (χ1v) is 5.32. The molecule has 0 aromatic rings. The third-order valence-electron chi connectivity index (χ3n) is 2.75. The van der Waals surface area contributed by atoms with E-state index in [0.717, 1.165) is 32.5 Å². The molecular weight excluding hydrogens is 164 g/mol. The molecular formula is C10H22N2O. The molecule has 1 rings (SSSR count). The van der Waals surface area contributed by atoms with E-state index in [4.69, 9.17) is 5.11 Å². The highest BCUT2D eigenvalue weighted by atomic mass is 16.2. The minimum atomic E-state index is 0.329. The van der Waals surface area contributed by atoms with Crippen molar-refractivity contribution in [3.8, 4) is 0 Å². The van der Waals surface area contributed by atoms with Crippen molar-refractivity contribution in [3.05, 3.63) is 0 Å². The van der Waals surface area contributed by atoms with Gasteiger partial charge in [0.25, 0.3) is 0 Å². The number of aliphatic hydroxyl groups is 1. The second-order valence-electron chi connectivity index (χ2n) is 4.08. The Bertz CT molecular complexity index is 141. The lowest BCUT2D eigenvalue weighted by Crippen LogP contribution is -2.54. The van der Waals surface area contributed by atoms with E-state index in [9.17, 15) is 0 Å². The molecule has 0 aliphatic carbocycles. The maximum atomic E-state index is 8.68. The zero-order valence-corrected chi connectivity index (χ0v) is 8.79. The number of rotatable bonds is 4. The van der Waals surface area contributed by atoms with Crippen molar-refractivity contribution in [2.75, 3.05) is 26.2 Å². The Morgan fingerprint density at radius 3 is 2.85 bits per heavy atom. The van der Waals surface area contributed by atoms with Gasteiger partial charge in [-0.2, -0.15) is 0 Å². The highest BCUT2D eigenvalue weighted by Crippen LogP contribution is 2.07. The fourth-order valence-corrected chi connectivity index (χ4v) is 1.84. The Kier molecular flexibility index (Phi) is 4.70. The van der Waals surface area contributed by atoms with E-state index in [-0.39, 0.29) is 0 Å². The summed E-state index contributed by atoms with van der Waals surface area (Å²) in [4.78, 5) is 2.51. The average molecular weight is 186 g/mol. The van der Waals surface area contributed by atoms with Crippen LogP contribution in [-0.4, -0.2) is 48.3 Å². The van der Waals surface area contributed by atoms with E-state index in [2.05, 4.69) is 24.1 Å². The largest absolute Gasteiger partial charge is 0.396 e. The maximum Gasteiger partial charge on any atom is 0.0431 e. The van der Waals surface area contributed by atoms with Crippen LogP contribution in [0.25, 0.3) is 0 Å². The molecule has 1 saturated heterocycles. The zero-order valence-electron chi connectivity index (χ0n) is 8.79. The number of aliphatic hydroxyl groups excluding tert-OH is 1. The Morgan fingerprint density at radius 2 is 2.15 bits per heavy atom. The highest BCUT2D eigenvalue weighted by Gasteiger charge is 2.21. The molecule has 3 heteroatoms. The quantitative estimate of drug-likeness (QED) is 0.625. The molecule has 0 radical (unpaired) electrons. The van der Waals surface area contributed by atoms with Gasteiger partial charge in [0.1, 0.15) is 0 Å². The monoisotopic (exact) mass is 186 g/mol. The van der Waals surface area contributed by atoms with Crippen molar-refractivity contribution in [2.45, 2.75) is 38.8 Å². The fraction of sp³-hybridized carbons (Fsp3) is 1.00. The van der Waals surface area contributed by atoms with Gasteiger partial charge in [-0.1, -0.05) is 0 Å². The van der Waals surface area contributed by atoms with Crippen molar-refractivity contribution in [1.29, 1.82) is 0 Å². The molecule has 0 bridgehead atoms. The lowest BCUT2D eigenvalue weighted by molar-refractivity contribution is 0.140. The summed E-state index contributed by atoms with van der Waals surface area (Å²) in [6.07, 6.45) is 2.05. The van der Waals surface area contributed by atoms with Gasteiger partial charge < -0.3 is 10.4 Å². The Hall–Kier alpha value is -0.120. The molecule has 13 heavy (non-hydrogen) atoms. The van der Waals surface area contributed by atoms with Crippen LogP contribution in [0.15, 0.2) is 0 Å². The van der Waals surface area contributed by atoms with Gasteiger partial charge in [-0.05, 0) is 33.2 Å². The molecule has 1 aliphatic rings. The predicted octanol–water partition coefficient (Wildman–Crippen LogP) is 0.441. The molecule has 0 saturated carbocycles. The van der Waals surface area contributed by atoms with Gasteiger partial charge in [0.2, 0.25) is 0 Å². The number of hydrogen-bond acceptors (Lipinski definition) is 3. The topological polar surface area (TPSA) is 35.5 Å². The van der Waals surface area contributed by atoms with Crippen LogP contribution < -0.4 is 5.32 Å². The highest BCUT2D eigenvalue weighted by molar-refractivity contribution is 4.80. The van der Waals surface area contributed by atoms with Gasteiger partial charge in [0.15, 0.2) is 0 Å². The van der Waals surface area contributed by atoms with E-state index < -0.39 is 0 Å². The molecule has 2 N–H and O–H groups in total. The van der Waals surface area contributed by atoms with Crippen LogP contribution in [0.4, 0.5) is 0 Å². The van der Waals surface area contributed by atoms with Crippen LogP contribution in [0.1, 0.15) is 26.7 Å². The molecule has 2 unspecified atom stereocenters. The average Bonchev–Trinajstić information content (AvgIpc) is 2.11. The maximum absolute atomic E-state index is 8.68. The summed E-state index contributed by atoms with van der Waals surface area (Å²) in [6, 6.07) is 1.26. The minimum Gasteiger partial charge on any atom is -0.396 e. The third-order valence-corrected chi connectivity index (χ3v) is 2.75. The van der Waals surface area contributed by atoms with E-state index in [1.54, 1.807) is 0 Å². The standard InChI is InChI=1S/C10H22N2O/c1-9-8-12(5-3-4-6-13)10(2)7-11-9/h9-11,13H,3-8H2,1-2H3. The van der Waals surface area contributed by atoms with Gasteiger partial charge >= 0.3 is 0 Å². The summed E-state index contributed by atoms with van der Waals surface area (Å²) in [5.74, 6) is 0. The first-order valence-electron chi connectivity index (χ1n) is 5.32. The Labute approximate surface area is 81.1 Å². The SMILES string of the molecule is CC1CN(CCCCO)C(C)CN1. The van der Waals surface area contributed by atoms with Crippen LogP contribution >= 0.6 is 0 Å².